The maximum absolute atomic E-state index is 12.6. The van der Waals surface area contributed by atoms with Crippen LogP contribution >= 0.6 is 0 Å². The highest BCUT2D eigenvalue weighted by Crippen LogP contribution is 2.37. The highest BCUT2D eigenvalue weighted by molar-refractivity contribution is 6.03. The van der Waals surface area contributed by atoms with Gasteiger partial charge in [-0.05, 0) is 49.1 Å². The molecule has 0 atom stereocenters. The summed E-state index contributed by atoms with van der Waals surface area (Å²) in [6, 6.07) is 13.5. The first-order valence-electron chi connectivity index (χ1n) is 8.41. The molecule has 1 aliphatic heterocycles. The van der Waals surface area contributed by atoms with Crippen LogP contribution in [0.4, 0.5) is 21.9 Å². The van der Waals surface area contributed by atoms with E-state index in [4.69, 9.17) is 4.74 Å². The van der Waals surface area contributed by atoms with Gasteiger partial charge in [-0.15, -0.1) is 0 Å². The Hall–Kier alpha value is -2.86. The normalized spacial score (nSPS) is 12.6. The number of amides is 2. The predicted octanol–water partition coefficient (Wildman–Crippen LogP) is 2.26. The molecule has 0 saturated heterocycles. The number of carbonyl (C=O) groups is 2. The van der Waals surface area contributed by atoms with Crippen LogP contribution in [0.1, 0.15) is 18.1 Å². The average molecular weight is 340 g/mol. The van der Waals surface area contributed by atoms with Crippen molar-refractivity contribution in [1.82, 2.24) is 0 Å². The average Bonchev–Trinajstić information content (AvgIpc) is 2.78. The van der Waals surface area contributed by atoms with Gasteiger partial charge in [-0.2, -0.15) is 0 Å². The summed E-state index contributed by atoms with van der Waals surface area (Å²) in [6.07, 6.45) is 1.17. The number of nitrogens with zero attached hydrogens (tertiary/aromatic N) is 1. The molecule has 4 N–H and O–H groups in total. The van der Waals surface area contributed by atoms with Crippen LogP contribution in [0, 0.1) is 0 Å². The van der Waals surface area contributed by atoms with Crippen molar-refractivity contribution in [3.8, 4) is 0 Å². The van der Waals surface area contributed by atoms with Crippen molar-refractivity contribution in [1.29, 1.82) is 0 Å². The zero-order valence-electron chi connectivity index (χ0n) is 14.2. The first-order valence-corrected chi connectivity index (χ1v) is 8.41. The summed E-state index contributed by atoms with van der Waals surface area (Å²) in [7, 11) is 0. The molecule has 1 aliphatic rings. The molecule has 6 nitrogen and oxygen atoms in total. The van der Waals surface area contributed by atoms with Crippen LogP contribution in [0.25, 0.3) is 0 Å². The number of nitrogens with one attached hydrogen (secondary N) is 1. The fraction of sp³-hybridized carbons (Fsp3) is 0.263. The van der Waals surface area contributed by atoms with Crippen molar-refractivity contribution in [2.45, 2.75) is 19.8 Å². The minimum Gasteiger partial charge on any atom is -0.450 e. The van der Waals surface area contributed by atoms with E-state index in [2.05, 4.69) is 11.1 Å². The summed E-state index contributed by atoms with van der Waals surface area (Å²) in [4.78, 5) is 26.0. The Morgan fingerprint density at radius 3 is 2.56 bits per heavy atom. The molecular weight excluding hydrogens is 318 g/mol. The third-order valence-electron chi connectivity index (χ3n) is 4.21. The van der Waals surface area contributed by atoms with E-state index < -0.39 is 6.09 Å². The number of quaternary nitrogens is 1. The van der Waals surface area contributed by atoms with Crippen molar-refractivity contribution in [3.63, 3.8) is 0 Å². The first-order chi connectivity index (χ1) is 12.1. The second-order valence-corrected chi connectivity index (χ2v) is 5.80. The van der Waals surface area contributed by atoms with E-state index in [1.165, 1.54) is 0 Å². The zero-order valence-corrected chi connectivity index (χ0v) is 14.2. The van der Waals surface area contributed by atoms with E-state index in [1.54, 1.807) is 11.8 Å². The van der Waals surface area contributed by atoms with Gasteiger partial charge in [0.2, 0.25) is 0 Å². The summed E-state index contributed by atoms with van der Waals surface area (Å²) in [5.41, 5.74) is 8.20. The summed E-state index contributed by atoms with van der Waals surface area (Å²) < 4.78 is 4.93. The lowest BCUT2D eigenvalue weighted by molar-refractivity contribution is -0.354. The van der Waals surface area contributed by atoms with E-state index in [1.807, 2.05) is 42.5 Å². The molecule has 2 aromatic carbocycles. The van der Waals surface area contributed by atoms with Crippen molar-refractivity contribution in [3.05, 3.63) is 53.6 Å². The molecule has 2 aromatic rings. The number of fused-ring (bicyclic) bond motifs is 2. The minimum atomic E-state index is -0.508. The lowest BCUT2D eigenvalue weighted by Crippen LogP contribution is -2.57. The Balaban J connectivity index is 2.05. The van der Waals surface area contributed by atoms with Gasteiger partial charge < -0.3 is 10.5 Å². The largest absolute Gasteiger partial charge is 0.450 e. The standard InChI is InChI=1S/C19H21N3O3/c1-2-25-19(24)21-15-10-9-14-8-7-13-5-3-4-6-16(13)22(17(14)11-15)18(23)12-20/h3-6,9-11H,2,7-8,12,20H2,1H3,(H,21,24)/p+1. The van der Waals surface area contributed by atoms with Gasteiger partial charge in [-0.25, -0.2) is 4.79 Å². The van der Waals surface area contributed by atoms with Crippen LogP contribution in [0.15, 0.2) is 42.5 Å². The Kier molecular flexibility index (Phi) is 5.00. The maximum atomic E-state index is 12.6. The van der Waals surface area contributed by atoms with Crippen LogP contribution < -0.4 is 16.0 Å². The molecule has 1 heterocycles. The van der Waals surface area contributed by atoms with Gasteiger partial charge in [0.15, 0.2) is 6.54 Å². The first kappa shape index (κ1) is 17.0. The number of carbonyl (C=O) groups excluding carboxylic acids is 2. The van der Waals surface area contributed by atoms with Crippen molar-refractivity contribution < 1.29 is 20.1 Å². The number of hydrogen-bond acceptors (Lipinski definition) is 3. The Morgan fingerprint density at radius 1 is 1.12 bits per heavy atom. The third-order valence-corrected chi connectivity index (χ3v) is 4.21. The molecule has 2 amide bonds. The van der Waals surface area contributed by atoms with Crippen LogP contribution in [0.2, 0.25) is 0 Å². The Morgan fingerprint density at radius 2 is 1.84 bits per heavy atom. The lowest BCUT2D eigenvalue weighted by Gasteiger charge is -2.24. The Labute approximate surface area is 146 Å². The number of rotatable bonds is 3. The number of benzene rings is 2. The maximum Gasteiger partial charge on any atom is 0.411 e. The SMILES string of the molecule is CCOC(=O)Nc1ccc2c(c1)N(C(=O)C[NH3+])c1ccccc1CC2. The molecule has 25 heavy (non-hydrogen) atoms. The fourth-order valence-electron chi connectivity index (χ4n) is 3.07. The molecule has 6 heteroatoms. The molecule has 0 bridgehead atoms. The number of hydrogen-bond donors (Lipinski definition) is 2. The number of ether oxygens (including phenoxy) is 1. The van der Waals surface area contributed by atoms with E-state index in [0.29, 0.717) is 12.3 Å². The monoisotopic (exact) mass is 340 g/mol. The van der Waals surface area contributed by atoms with Crippen LogP contribution in [0.5, 0.6) is 0 Å². The smallest absolute Gasteiger partial charge is 0.411 e. The summed E-state index contributed by atoms with van der Waals surface area (Å²) in [6.45, 7) is 2.21. The topological polar surface area (TPSA) is 86.3 Å². The van der Waals surface area contributed by atoms with Crippen LogP contribution in [0.3, 0.4) is 0 Å². The molecule has 0 saturated carbocycles. The Bertz CT molecular complexity index is 804. The van der Waals surface area contributed by atoms with Gasteiger partial charge in [0, 0.05) is 5.69 Å². The lowest BCUT2D eigenvalue weighted by atomic mass is 10.0. The van der Waals surface area contributed by atoms with Gasteiger partial charge >= 0.3 is 6.09 Å². The summed E-state index contributed by atoms with van der Waals surface area (Å²) in [5, 5.41) is 2.70. The molecule has 3 rings (SSSR count). The predicted molar refractivity (Wildman–Crippen MR) is 95.8 cm³/mol. The van der Waals surface area contributed by atoms with Gasteiger partial charge in [-0.1, -0.05) is 24.3 Å². The van der Waals surface area contributed by atoms with Gasteiger partial charge in [0.1, 0.15) is 0 Å². The highest BCUT2D eigenvalue weighted by atomic mass is 16.5. The summed E-state index contributed by atoms with van der Waals surface area (Å²) >= 11 is 0. The van der Waals surface area contributed by atoms with Crippen LogP contribution in [-0.2, 0) is 22.4 Å². The van der Waals surface area contributed by atoms with Crippen molar-refractivity contribution in [2.75, 3.05) is 23.4 Å². The molecule has 130 valence electrons. The molecule has 0 fully saturated rings. The quantitative estimate of drug-likeness (QED) is 0.898. The minimum absolute atomic E-state index is 0.0797. The van der Waals surface area contributed by atoms with Crippen molar-refractivity contribution in [2.24, 2.45) is 0 Å². The fourth-order valence-corrected chi connectivity index (χ4v) is 3.07. The van der Waals surface area contributed by atoms with E-state index in [-0.39, 0.29) is 12.5 Å². The number of para-hydroxylation sites is 1. The molecule has 0 aliphatic carbocycles. The molecule has 0 unspecified atom stereocenters. The highest BCUT2D eigenvalue weighted by Gasteiger charge is 2.26. The van der Waals surface area contributed by atoms with Crippen LogP contribution in [-0.4, -0.2) is 25.2 Å². The second-order valence-electron chi connectivity index (χ2n) is 5.80. The van der Waals surface area contributed by atoms with Gasteiger partial charge in [-0.3, -0.25) is 15.0 Å². The molecule has 0 radical (unpaired) electrons. The number of anilines is 3. The third kappa shape index (κ3) is 3.49. The zero-order chi connectivity index (χ0) is 17.8. The molecule has 0 spiro atoms. The second kappa shape index (κ2) is 7.36. The number of aryl methyl sites for hydroxylation is 2. The van der Waals surface area contributed by atoms with E-state index in [0.717, 1.165) is 35.3 Å². The van der Waals surface area contributed by atoms with E-state index >= 15 is 0 Å². The van der Waals surface area contributed by atoms with E-state index in [9.17, 15) is 9.59 Å². The summed E-state index contributed by atoms with van der Waals surface area (Å²) in [5.74, 6) is -0.0797. The molecular formula is C19H22N3O3+. The van der Waals surface area contributed by atoms with Crippen molar-refractivity contribution >= 4 is 29.1 Å². The molecule has 0 aromatic heterocycles. The van der Waals surface area contributed by atoms with Gasteiger partial charge in [0.05, 0.1) is 18.0 Å². The van der Waals surface area contributed by atoms with Gasteiger partial charge in [0.25, 0.3) is 5.91 Å².